The highest BCUT2D eigenvalue weighted by Crippen LogP contribution is 2.20. The lowest BCUT2D eigenvalue weighted by atomic mass is 10.2. The fraction of sp³-hybridized carbons (Fsp3) is 0.500. The fourth-order valence-corrected chi connectivity index (χ4v) is 2.01. The third-order valence-electron chi connectivity index (χ3n) is 2.85. The van der Waals surface area contributed by atoms with Gasteiger partial charge in [-0.2, -0.15) is 0 Å². The summed E-state index contributed by atoms with van der Waals surface area (Å²) in [6.07, 6.45) is 0.736. The summed E-state index contributed by atoms with van der Waals surface area (Å²) in [6, 6.07) is 8.53. The molecular formula is C12H18N2O. The maximum Gasteiger partial charge on any atom is 0.0731 e. The maximum absolute atomic E-state index is 9.45. The van der Waals surface area contributed by atoms with Crippen molar-refractivity contribution in [3.05, 3.63) is 29.8 Å². The number of anilines is 1. The third kappa shape index (κ3) is 2.49. The number of benzene rings is 1. The molecule has 0 aliphatic carbocycles. The summed E-state index contributed by atoms with van der Waals surface area (Å²) in [5.74, 6) is 0. The van der Waals surface area contributed by atoms with Crippen molar-refractivity contribution in [2.75, 3.05) is 25.0 Å². The topological polar surface area (TPSA) is 35.5 Å². The van der Waals surface area contributed by atoms with E-state index in [1.807, 2.05) is 7.05 Å². The molecule has 0 spiro atoms. The highest BCUT2D eigenvalue weighted by atomic mass is 16.3. The minimum Gasteiger partial charge on any atom is -0.391 e. The lowest BCUT2D eigenvalue weighted by molar-refractivity contribution is 0.198. The zero-order valence-corrected chi connectivity index (χ0v) is 9.11. The van der Waals surface area contributed by atoms with Crippen LogP contribution in [0.15, 0.2) is 24.3 Å². The second-order valence-electron chi connectivity index (χ2n) is 4.09. The quantitative estimate of drug-likeness (QED) is 0.774. The average Bonchev–Trinajstić information content (AvgIpc) is 2.67. The highest BCUT2D eigenvalue weighted by Gasteiger charge is 2.19. The summed E-state index contributed by atoms with van der Waals surface area (Å²) < 4.78 is 0. The van der Waals surface area contributed by atoms with Crippen molar-refractivity contribution in [3.8, 4) is 0 Å². The van der Waals surface area contributed by atoms with Crippen molar-refractivity contribution in [3.63, 3.8) is 0 Å². The van der Waals surface area contributed by atoms with Gasteiger partial charge in [-0.3, -0.25) is 0 Å². The van der Waals surface area contributed by atoms with Gasteiger partial charge in [0, 0.05) is 25.3 Å². The van der Waals surface area contributed by atoms with E-state index < -0.39 is 0 Å². The van der Waals surface area contributed by atoms with Crippen LogP contribution in [0, 0.1) is 0 Å². The predicted molar refractivity (Wildman–Crippen MR) is 62.0 cm³/mol. The van der Waals surface area contributed by atoms with Crippen LogP contribution in [0.2, 0.25) is 0 Å². The third-order valence-corrected chi connectivity index (χ3v) is 2.85. The molecule has 3 heteroatoms. The first-order valence-electron chi connectivity index (χ1n) is 5.46. The predicted octanol–water partition coefficient (Wildman–Crippen LogP) is 0.977. The molecule has 2 rings (SSSR count). The van der Waals surface area contributed by atoms with Crippen molar-refractivity contribution in [1.82, 2.24) is 5.32 Å². The molecule has 0 radical (unpaired) electrons. The molecule has 1 aromatic carbocycles. The molecule has 1 heterocycles. The van der Waals surface area contributed by atoms with Crippen LogP contribution in [0.5, 0.6) is 0 Å². The second-order valence-corrected chi connectivity index (χ2v) is 4.09. The van der Waals surface area contributed by atoms with E-state index in [4.69, 9.17) is 0 Å². The zero-order chi connectivity index (χ0) is 10.7. The Kier molecular flexibility index (Phi) is 3.23. The van der Waals surface area contributed by atoms with E-state index in [2.05, 4.69) is 34.5 Å². The van der Waals surface area contributed by atoms with Crippen LogP contribution in [0.4, 0.5) is 5.69 Å². The van der Waals surface area contributed by atoms with Crippen molar-refractivity contribution in [2.45, 2.75) is 19.1 Å². The molecule has 2 N–H and O–H groups in total. The first kappa shape index (κ1) is 10.5. The van der Waals surface area contributed by atoms with Gasteiger partial charge >= 0.3 is 0 Å². The monoisotopic (exact) mass is 206 g/mol. The molecule has 1 unspecified atom stereocenters. The van der Waals surface area contributed by atoms with Crippen molar-refractivity contribution < 1.29 is 5.11 Å². The molecule has 1 aromatic rings. The molecule has 1 aliphatic rings. The number of hydrogen-bond donors (Lipinski definition) is 2. The molecule has 15 heavy (non-hydrogen) atoms. The van der Waals surface area contributed by atoms with E-state index in [1.54, 1.807) is 0 Å². The Balaban J connectivity index is 2.03. The van der Waals surface area contributed by atoms with Crippen LogP contribution in [0.25, 0.3) is 0 Å². The minimum atomic E-state index is -0.151. The second kappa shape index (κ2) is 4.64. The van der Waals surface area contributed by atoms with Gasteiger partial charge in [0.1, 0.15) is 0 Å². The minimum absolute atomic E-state index is 0.151. The molecule has 0 bridgehead atoms. The van der Waals surface area contributed by atoms with Crippen LogP contribution in [-0.2, 0) is 6.54 Å². The van der Waals surface area contributed by atoms with Crippen LogP contribution >= 0.6 is 0 Å². The summed E-state index contributed by atoms with van der Waals surface area (Å²) >= 11 is 0. The summed E-state index contributed by atoms with van der Waals surface area (Å²) in [7, 11) is 1.95. The molecule has 0 aromatic heterocycles. The van der Waals surface area contributed by atoms with Crippen molar-refractivity contribution in [2.24, 2.45) is 0 Å². The van der Waals surface area contributed by atoms with Crippen LogP contribution < -0.4 is 10.2 Å². The summed E-state index contributed by atoms with van der Waals surface area (Å²) in [5, 5.41) is 12.6. The SMILES string of the molecule is CNCc1ccc(N2CCC(O)C2)cc1. The fourth-order valence-electron chi connectivity index (χ4n) is 2.01. The molecule has 3 nitrogen and oxygen atoms in total. The van der Waals surface area contributed by atoms with E-state index >= 15 is 0 Å². The highest BCUT2D eigenvalue weighted by molar-refractivity contribution is 5.48. The smallest absolute Gasteiger partial charge is 0.0731 e. The van der Waals surface area contributed by atoms with Gasteiger partial charge in [0.05, 0.1) is 6.10 Å². The lowest BCUT2D eigenvalue weighted by Crippen LogP contribution is -2.21. The van der Waals surface area contributed by atoms with Gasteiger partial charge in [-0.05, 0) is 31.2 Å². The number of β-amino-alcohol motifs (C(OH)–C–C–N with tert-alkyl or cyclic N) is 1. The van der Waals surface area contributed by atoms with Gasteiger partial charge in [0.15, 0.2) is 0 Å². The van der Waals surface area contributed by atoms with Crippen LogP contribution in [-0.4, -0.2) is 31.3 Å². The van der Waals surface area contributed by atoms with Crippen LogP contribution in [0.1, 0.15) is 12.0 Å². The summed E-state index contributed by atoms with van der Waals surface area (Å²) in [6.45, 7) is 2.64. The Morgan fingerprint density at radius 3 is 2.67 bits per heavy atom. The molecule has 1 saturated heterocycles. The van der Waals surface area contributed by atoms with Gasteiger partial charge in [0.2, 0.25) is 0 Å². The average molecular weight is 206 g/mol. The van der Waals surface area contributed by atoms with E-state index in [-0.39, 0.29) is 6.10 Å². The molecule has 1 aliphatic heterocycles. The van der Waals surface area contributed by atoms with Crippen LogP contribution in [0.3, 0.4) is 0 Å². The molecule has 1 fully saturated rings. The van der Waals surface area contributed by atoms with Gasteiger partial charge < -0.3 is 15.3 Å². The van der Waals surface area contributed by atoms with Gasteiger partial charge in [0.25, 0.3) is 0 Å². The molecule has 82 valence electrons. The van der Waals surface area contributed by atoms with E-state index in [0.29, 0.717) is 0 Å². The summed E-state index contributed by atoms with van der Waals surface area (Å²) in [4.78, 5) is 2.23. The molecule has 0 saturated carbocycles. The van der Waals surface area contributed by atoms with Gasteiger partial charge in [-0.15, -0.1) is 0 Å². The number of nitrogens with one attached hydrogen (secondary N) is 1. The number of aliphatic hydroxyl groups is 1. The first-order valence-corrected chi connectivity index (χ1v) is 5.46. The normalized spacial score (nSPS) is 20.9. The molecule has 1 atom stereocenters. The van der Waals surface area contributed by atoms with Crippen molar-refractivity contribution >= 4 is 5.69 Å². The number of hydrogen-bond acceptors (Lipinski definition) is 3. The zero-order valence-electron chi connectivity index (χ0n) is 9.11. The lowest BCUT2D eigenvalue weighted by Gasteiger charge is -2.17. The van der Waals surface area contributed by atoms with Gasteiger partial charge in [-0.25, -0.2) is 0 Å². The largest absolute Gasteiger partial charge is 0.391 e. The maximum atomic E-state index is 9.45. The number of aliphatic hydroxyl groups excluding tert-OH is 1. The van der Waals surface area contributed by atoms with E-state index in [1.165, 1.54) is 11.3 Å². The standard InChI is InChI=1S/C12H18N2O/c1-13-8-10-2-4-11(5-3-10)14-7-6-12(15)9-14/h2-5,12-13,15H,6-9H2,1H3. The van der Waals surface area contributed by atoms with E-state index in [9.17, 15) is 5.11 Å². The Bertz CT molecular complexity index is 310. The number of nitrogens with zero attached hydrogens (tertiary/aromatic N) is 1. The Labute approximate surface area is 90.7 Å². The van der Waals surface area contributed by atoms with Crippen molar-refractivity contribution in [1.29, 1.82) is 0 Å². The Hall–Kier alpha value is -1.06. The Morgan fingerprint density at radius 2 is 2.13 bits per heavy atom. The van der Waals surface area contributed by atoms with Gasteiger partial charge in [-0.1, -0.05) is 12.1 Å². The summed E-state index contributed by atoms with van der Waals surface area (Å²) in [5.41, 5.74) is 2.51. The Morgan fingerprint density at radius 1 is 1.40 bits per heavy atom. The molecular weight excluding hydrogens is 188 g/mol. The molecule has 0 amide bonds. The first-order chi connectivity index (χ1) is 7.29. The number of rotatable bonds is 3. The van der Waals surface area contributed by atoms with E-state index in [0.717, 1.165) is 26.1 Å².